The molecule has 0 aliphatic heterocycles. The molecule has 0 aromatic carbocycles. The molecule has 122 valence electrons. The lowest BCUT2D eigenvalue weighted by atomic mass is 9.71. The van der Waals surface area contributed by atoms with Crippen LogP contribution in [0.25, 0.3) is 0 Å². The first-order chi connectivity index (χ1) is 10.2. The van der Waals surface area contributed by atoms with E-state index >= 15 is 0 Å². The normalized spacial score (nSPS) is 38.9. The minimum Gasteiger partial charge on any atom is -0.295 e. The van der Waals surface area contributed by atoms with Crippen molar-refractivity contribution in [2.75, 3.05) is 0 Å². The maximum absolute atomic E-state index is 14.1. The van der Waals surface area contributed by atoms with Crippen LogP contribution in [-0.2, 0) is 4.89 Å². The molecule has 0 spiro atoms. The molecule has 4 unspecified atom stereocenters. The van der Waals surface area contributed by atoms with Gasteiger partial charge in [0.15, 0.2) is 0 Å². The van der Waals surface area contributed by atoms with E-state index in [0.29, 0.717) is 12.3 Å². The summed E-state index contributed by atoms with van der Waals surface area (Å²) in [7, 11) is 0. The number of hydrogen-bond acceptors (Lipinski definition) is 3. The van der Waals surface area contributed by atoms with Gasteiger partial charge in [-0.3, -0.25) is 10.2 Å². The predicted octanol–water partition coefficient (Wildman–Crippen LogP) is 4.66. The van der Waals surface area contributed by atoms with E-state index in [9.17, 15) is 9.65 Å². The first kappa shape index (κ1) is 16.9. The van der Waals surface area contributed by atoms with Gasteiger partial charge in [0.2, 0.25) is 0 Å². The third kappa shape index (κ3) is 4.26. The van der Waals surface area contributed by atoms with E-state index in [0.717, 1.165) is 31.6 Å². The Hall–Kier alpha value is -0.480. The van der Waals surface area contributed by atoms with Crippen molar-refractivity contribution in [2.45, 2.75) is 83.0 Å². The molecule has 0 saturated heterocycles. The van der Waals surface area contributed by atoms with Crippen LogP contribution in [-0.4, -0.2) is 30.3 Å². The molecule has 21 heavy (non-hydrogen) atoms. The van der Waals surface area contributed by atoms with E-state index in [1.165, 1.54) is 25.7 Å². The molecule has 2 rings (SSSR count). The van der Waals surface area contributed by atoms with Crippen LogP contribution in [0.15, 0.2) is 4.99 Å². The highest BCUT2D eigenvalue weighted by molar-refractivity contribution is 5.24. The zero-order chi connectivity index (χ0) is 15.2. The summed E-state index contributed by atoms with van der Waals surface area (Å²) in [6, 6.07) is -0.263. The highest BCUT2D eigenvalue weighted by atomic mass is 19.1. The summed E-state index contributed by atoms with van der Waals surface area (Å²) < 4.78 is 14.1. The van der Waals surface area contributed by atoms with Crippen LogP contribution in [0.3, 0.4) is 0 Å². The predicted molar refractivity (Wildman–Crippen MR) is 83.4 cm³/mol. The average molecular weight is 299 g/mol. The Morgan fingerprint density at radius 1 is 1.19 bits per heavy atom. The number of halogens is 1. The van der Waals surface area contributed by atoms with Crippen molar-refractivity contribution in [1.82, 2.24) is 0 Å². The van der Waals surface area contributed by atoms with Crippen molar-refractivity contribution < 1.29 is 14.5 Å². The topological polar surface area (TPSA) is 41.8 Å². The Balaban J connectivity index is 1.87. The van der Waals surface area contributed by atoms with Gasteiger partial charge in [-0.2, -0.15) is 0 Å². The van der Waals surface area contributed by atoms with Crippen molar-refractivity contribution in [2.24, 2.45) is 22.7 Å². The second-order valence-electron chi connectivity index (χ2n) is 6.98. The van der Waals surface area contributed by atoms with Crippen LogP contribution in [0.4, 0.5) is 4.39 Å². The lowest BCUT2D eigenvalue weighted by molar-refractivity contribution is -0.307. The molecule has 2 aliphatic carbocycles. The molecule has 1 N–H and O–H groups in total. The maximum atomic E-state index is 14.1. The SMILES string of the molecule is C=NC1CCC(C(OO)C2CCC(CCC)CC2)CC1F. The van der Waals surface area contributed by atoms with Gasteiger partial charge in [-0.05, 0) is 56.6 Å². The Morgan fingerprint density at radius 2 is 1.86 bits per heavy atom. The van der Waals surface area contributed by atoms with E-state index in [4.69, 9.17) is 4.89 Å². The minimum absolute atomic E-state index is 0.121. The maximum Gasteiger partial charge on any atom is 0.123 e. The van der Waals surface area contributed by atoms with Crippen LogP contribution >= 0.6 is 0 Å². The van der Waals surface area contributed by atoms with Crippen LogP contribution in [0.2, 0.25) is 0 Å². The van der Waals surface area contributed by atoms with Crippen molar-refractivity contribution in [3.8, 4) is 0 Å². The lowest BCUT2D eigenvalue weighted by Crippen LogP contribution is -2.40. The first-order valence-electron chi connectivity index (χ1n) is 8.59. The second-order valence-corrected chi connectivity index (χ2v) is 6.98. The molecule has 2 saturated carbocycles. The molecule has 0 heterocycles. The van der Waals surface area contributed by atoms with Crippen LogP contribution in [0.1, 0.15) is 64.7 Å². The van der Waals surface area contributed by atoms with Gasteiger partial charge in [0, 0.05) is 0 Å². The summed E-state index contributed by atoms with van der Waals surface area (Å²) in [6.45, 7) is 5.71. The van der Waals surface area contributed by atoms with Gasteiger partial charge in [0.25, 0.3) is 0 Å². The fourth-order valence-corrected chi connectivity index (χ4v) is 4.40. The summed E-state index contributed by atoms with van der Waals surface area (Å²) >= 11 is 0. The molecule has 0 bridgehead atoms. The number of hydrogen-bond donors (Lipinski definition) is 1. The fourth-order valence-electron chi connectivity index (χ4n) is 4.40. The zero-order valence-corrected chi connectivity index (χ0v) is 13.2. The van der Waals surface area contributed by atoms with Crippen molar-refractivity contribution in [3.63, 3.8) is 0 Å². The molecule has 4 heteroatoms. The van der Waals surface area contributed by atoms with Gasteiger partial charge in [0.1, 0.15) is 6.17 Å². The smallest absolute Gasteiger partial charge is 0.123 e. The Morgan fingerprint density at radius 3 is 2.38 bits per heavy atom. The van der Waals surface area contributed by atoms with Gasteiger partial charge in [0.05, 0.1) is 12.1 Å². The number of rotatable bonds is 6. The number of aliphatic imine (C=N–C) groups is 1. The van der Waals surface area contributed by atoms with Crippen molar-refractivity contribution in [3.05, 3.63) is 0 Å². The molecular formula is C17H30FNO2. The number of nitrogens with zero attached hydrogens (tertiary/aromatic N) is 1. The highest BCUT2D eigenvalue weighted by Crippen LogP contribution is 2.40. The quantitative estimate of drug-likeness (QED) is 0.440. The van der Waals surface area contributed by atoms with Gasteiger partial charge >= 0.3 is 0 Å². The summed E-state index contributed by atoms with van der Waals surface area (Å²) in [5.41, 5.74) is 0. The molecule has 0 aromatic rings. The summed E-state index contributed by atoms with van der Waals surface area (Å²) in [5, 5.41) is 9.35. The van der Waals surface area contributed by atoms with Gasteiger partial charge < -0.3 is 0 Å². The third-order valence-corrected chi connectivity index (χ3v) is 5.65. The summed E-state index contributed by atoms with van der Waals surface area (Å²) in [5.74, 6) is 1.34. The Bertz CT molecular complexity index is 318. The Labute approximate surface area is 127 Å². The summed E-state index contributed by atoms with van der Waals surface area (Å²) in [4.78, 5) is 8.69. The van der Waals surface area contributed by atoms with Gasteiger partial charge in [-0.15, -0.1) is 0 Å². The van der Waals surface area contributed by atoms with E-state index < -0.39 is 6.17 Å². The lowest BCUT2D eigenvalue weighted by Gasteiger charge is -2.39. The molecule has 0 radical (unpaired) electrons. The molecule has 2 fully saturated rings. The van der Waals surface area contributed by atoms with Crippen LogP contribution in [0.5, 0.6) is 0 Å². The van der Waals surface area contributed by atoms with E-state index in [2.05, 4.69) is 18.6 Å². The fraction of sp³-hybridized carbons (Fsp3) is 0.941. The standard InChI is InChI=1S/C17H30FNO2/c1-3-4-12-5-7-13(8-6-12)17(21-20)14-9-10-16(19-2)15(18)11-14/h12-17,20H,2-11H2,1H3. The monoisotopic (exact) mass is 299 g/mol. The zero-order valence-electron chi connectivity index (χ0n) is 13.2. The largest absolute Gasteiger partial charge is 0.295 e. The summed E-state index contributed by atoms with van der Waals surface area (Å²) in [6.07, 6.45) is 8.12. The first-order valence-corrected chi connectivity index (χ1v) is 8.59. The minimum atomic E-state index is -0.935. The van der Waals surface area contributed by atoms with Crippen LogP contribution < -0.4 is 0 Å². The van der Waals surface area contributed by atoms with Gasteiger partial charge in [-0.1, -0.05) is 32.6 Å². The second kappa shape index (κ2) is 8.23. The van der Waals surface area contributed by atoms with Crippen molar-refractivity contribution >= 4 is 6.72 Å². The van der Waals surface area contributed by atoms with E-state index in [1.807, 2.05) is 0 Å². The van der Waals surface area contributed by atoms with Crippen LogP contribution in [0, 0.1) is 17.8 Å². The van der Waals surface area contributed by atoms with Crippen molar-refractivity contribution in [1.29, 1.82) is 0 Å². The van der Waals surface area contributed by atoms with E-state index in [1.54, 1.807) is 0 Å². The third-order valence-electron chi connectivity index (χ3n) is 5.65. The molecule has 4 atom stereocenters. The molecule has 2 aliphatic rings. The Kier molecular flexibility index (Phi) is 6.62. The molecule has 0 amide bonds. The van der Waals surface area contributed by atoms with Gasteiger partial charge in [-0.25, -0.2) is 9.28 Å². The molecular weight excluding hydrogens is 269 g/mol. The van der Waals surface area contributed by atoms with E-state index in [-0.39, 0.29) is 18.1 Å². The average Bonchev–Trinajstić information content (AvgIpc) is 2.50. The molecule has 0 aromatic heterocycles. The highest BCUT2D eigenvalue weighted by Gasteiger charge is 2.39. The molecule has 3 nitrogen and oxygen atoms in total. The number of alkyl halides is 1.